The number of methoxy groups -OCH3 is 1. The summed E-state index contributed by atoms with van der Waals surface area (Å²) in [7, 11) is 1.71. The minimum atomic E-state index is -0.442. The molecule has 5 aliphatic carbocycles. The van der Waals surface area contributed by atoms with Crippen molar-refractivity contribution in [3.05, 3.63) is 29.3 Å². The molecule has 4 heteroatoms. The number of benzene rings is 1. The van der Waals surface area contributed by atoms with Crippen molar-refractivity contribution in [1.29, 1.82) is 0 Å². The Morgan fingerprint density at radius 3 is 2.69 bits per heavy atom. The smallest absolute Gasteiger partial charge is 0.227 e. The first-order chi connectivity index (χ1) is 12.6. The van der Waals surface area contributed by atoms with Gasteiger partial charge >= 0.3 is 0 Å². The van der Waals surface area contributed by atoms with E-state index in [9.17, 15) is 9.90 Å². The van der Waals surface area contributed by atoms with Crippen LogP contribution in [0.15, 0.2) is 18.2 Å². The van der Waals surface area contributed by atoms with Gasteiger partial charge in [0.1, 0.15) is 5.75 Å². The van der Waals surface area contributed by atoms with E-state index in [4.69, 9.17) is 4.74 Å². The molecule has 6 atom stereocenters. The Kier molecular flexibility index (Phi) is 3.82. The summed E-state index contributed by atoms with van der Waals surface area (Å²) in [6.45, 7) is 0. The van der Waals surface area contributed by atoms with Crippen molar-refractivity contribution in [2.45, 2.75) is 68.9 Å². The molecule has 26 heavy (non-hydrogen) atoms. The van der Waals surface area contributed by atoms with Gasteiger partial charge in [-0.1, -0.05) is 12.1 Å². The fourth-order valence-corrected chi connectivity index (χ4v) is 6.76. The molecular formula is C22H29NO3. The molecule has 3 unspecified atom stereocenters. The number of nitrogens with one attached hydrogen (secondary N) is 1. The van der Waals surface area contributed by atoms with Gasteiger partial charge in [-0.25, -0.2) is 0 Å². The van der Waals surface area contributed by atoms with Crippen molar-refractivity contribution in [2.24, 2.45) is 17.8 Å². The minimum absolute atomic E-state index is 0.0610. The topological polar surface area (TPSA) is 58.6 Å². The molecular weight excluding hydrogens is 326 g/mol. The van der Waals surface area contributed by atoms with Crippen LogP contribution >= 0.6 is 0 Å². The Labute approximate surface area is 155 Å². The van der Waals surface area contributed by atoms with E-state index in [2.05, 4.69) is 11.4 Å². The van der Waals surface area contributed by atoms with Gasteiger partial charge in [0, 0.05) is 6.04 Å². The van der Waals surface area contributed by atoms with Crippen molar-refractivity contribution in [3.8, 4) is 5.75 Å². The third-order valence-electron chi connectivity index (χ3n) is 7.55. The number of amides is 1. The lowest BCUT2D eigenvalue weighted by Crippen LogP contribution is -2.62. The number of aliphatic hydroxyl groups is 1. The first kappa shape index (κ1) is 16.6. The first-order valence-corrected chi connectivity index (χ1v) is 10.2. The summed E-state index contributed by atoms with van der Waals surface area (Å²) in [5, 5.41) is 14.2. The average molecular weight is 355 g/mol. The highest BCUT2D eigenvalue weighted by molar-refractivity contribution is 5.85. The summed E-state index contributed by atoms with van der Waals surface area (Å²) < 4.78 is 5.52. The summed E-state index contributed by atoms with van der Waals surface area (Å²) >= 11 is 0. The van der Waals surface area contributed by atoms with Crippen LogP contribution in [0.1, 0.15) is 62.0 Å². The van der Waals surface area contributed by atoms with E-state index in [1.807, 2.05) is 12.1 Å². The summed E-state index contributed by atoms with van der Waals surface area (Å²) in [6.07, 6.45) is 8.03. The average Bonchev–Trinajstić information content (AvgIpc) is 2.62. The van der Waals surface area contributed by atoms with E-state index in [0.29, 0.717) is 17.8 Å². The fraction of sp³-hybridized carbons (Fsp3) is 0.682. The number of hydrogen-bond donors (Lipinski definition) is 2. The maximum absolute atomic E-state index is 13.2. The molecule has 140 valence electrons. The summed E-state index contributed by atoms with van der Waals surface area (Å²) in [5.41, 5.74) is 1.92. The third-order valence-corrected chi connectivity index (χ3v) is 7.55. The van der Waals surface area contributed by atoms with Gasteiger partial charge in [-0.15, -0.1) is 0 Å². The Bertz CT molecular complexity index is 714. The second-order valence-electron chi connectivity index (χ2n) is 9.20. The van der Waals surface area contributed by atoms with Crippen molar-refractivity contribution < 1.29 is 14.6 Å². The van der Waals surface area contributed by atoms with Gasteiger partial charge in [0.25, 0.3) is 0 Å². The van der Waals surface area contributed by atoms with Gasteiger partial charge in [0.15, 0.2) is 0 Å². The number of rotatable bonds is 3. The SMILES string of the molecule is COc1cccc2c1CCCC2C(=O)N[C@@H]1C2CC3C[C@@H]1C[C@@](O)(C3)C2. The van der Waals surface area contributed by atoms with Crippen LogP contribution in [-0.2, 0) is 11.2 Å². The molecule has 4 nitrogen and oxygen atoms in total. The molecule has 0 aliphatic heterocycles. The second-order valence-corrected chi connectivity index (χ2v) is 9.20. The number of fused-ring (bicyclic) bond motifs is 1. The maximum atomic E-state index is 13.2. The molecule has 0 saturated heterocycles. The maximum Gasteiger partial charge on any atom is 0.227 e. The first-order valence-electron chi connectivity index (χ1n) is 10.2. The fourth-order valence-electron chi connectivity index (χ4n) is 6.76. The third kappa shape index (κ3) is 2.57. The normalized spacial score (nSPS) is 40.2. The molecule has 1 aromatic rings. The minimum Gasteiger partial charge on any atom is -0.496 e. The van der Waals surface area contributed by atoms with Gasteiger partial charge in [0.05, 0.1) is 18.6 Å². The van der Waals surface area contributed by atoms with Crippen LogP contribution in [0.5, 0.6) is 5.75 Å². The van der Waals surface area contributed by atoms with Gasteiger partial charge in [-0.05, 0) is 86.3 Å². The number of ether oxygens (including phenoxy) is 1. The van der Waals surface area contributed by atoms with E-state index in [1.54, 1.807) is 7.11 Å². The van der Waals surface area contributed by atoms with Crippen LogP contribution in [0, 0.1) is 17.8 Å². The largest absolute Gasteiger partial charge is 0.496 e. The number of hydrogen-bond acceptors (Lipinski definition) is 3. The molecule has 4 bridgehead atoms. The molecule has 2 N–H and O–H groups in total. The van der Waals surface area contributed by atoms with Crippen LogP contribution < -0.4 is 10.1 Å². The van der Waals surface area contributed by atoms with Crippen molar-refractivity contribution in [3.63, 3.8) is 0 Å². The highest BCUT2D eigenvalue weighted by Gasteiger charge is 2.55. The molecule has 1 amide bonds. The molecule has 0 aromatic heterocycles. The quantitative estimate of drug-likeness (QED) is 0.876. The van der Waals surface area contributed by atoms with Crippen LogP contribution in [0.2, 0.25) is 0 Å². The Morgan fingerprint density at radius 2 is 2.00 bits per heavy atom. The molecule has 1 aromatic carbocycles. The summed E-state index contributed by atoms with van der Waals surface area (Å²) in [6, 6.07) is 6.36. The van der Waals surface area contributed by atoms with Crippen LogP contribution in [0.25, 0.3) is 0 Å². The van der Waals surface area contributed by atoms with E-state index in [0.717, 1.165) is 49.8 Å². The number of carbonyl (C=O) groups is 1. The Morgan fingerprint density at radius 1 is 1.23 bits per heavy atom. The lowest BCUT2D eigenvalue weighted by Gasteiger charge is -2.58. The molecule has 4 saturated carbocycles. The van der Waals surface area contributed by atoms with Crippen molar-refractivity contribution >= 4 is 5.91 Å². The predicted octanol–water partition coefficient (Wildman–Crippen LogP) is 3.17. The van der Waals surface area contributed by atoms with E-state index in [-0.39, 0.29) is 17.9 Å². The van der Waals surface area contributed by atoms with Gasteiger partial charge in [-0.3, -0.25) is 4.79 Å². The molecule has 5 aliphatic rings. The van der Waals surface area contributed by atoms with E-state index >= 15 is 0 Å². The molecule has 4 fully saturated rings. The lowest BCUT2D eigenvalue weighted by atomic mass is 9.52. The summed E-state index contributed by atoms with van der Waals surface area (Å²) in [4.78, 5) is 13.2. The highest BCUT2D eigenvalue weighted by atomic mass is 16.5. The lowest BCUT2D eigenvalue weighted by molar-refractivity contribution is -0.147. The zero-order valence-electron chi connectivity index (χ0n) is 15.5. The standard InChI is InChI=1S/C22H29NO3/c1-26-19-7-3-4-16-17(19)5-2-6-18(16)21(24)23-20-14-8-13-9-15(20)12-22(25,10-13)11-14/h3-4,7,13-15,18,20,25H,2,5-6,8-12H2,1H3,(H,23,24)/t13?,14-,15?,18?,20+,22+/m1/s1. The van der Waals surface area contributed by atoms with Gasteiger partial charge < -0.3 is 15.2 Å². The van der Waals surface area contributed by atoms with Gasteiger partial charge in [-0.2, -0.15) is 0 Å². The molecule has 0 heterocycles. The Hall–Kier alpha value is -1.55. The second kappa shape index (κ2) is 5.98. The van der Waals surface area contributed by atoms with Crippen LogP contribution in [0.3, 0.4) is 0 Å². The summed E-state index contributed by atoms with van der Waals surface area (Å²) in [5.74, 6) is 2.63. The van der Waals surface area contributed by atoms with Gasteiger partial charge in [0.2, 0.25) is 5.91 Å². The van der Waals surface area contributed by atoms with Crippen LogP contribution in [-0.4, -0.2) is 29.8 Å². The van der Waals surface area contributed by atoms with Crippen molar-refractivity contribution in [1.82, 2.24) is 5.32 Å². The molecule has 0 spiro atoms. The van der Waals surface area contributed by atoms with E-state index < -0.39 is 5.60 Å². The Balaban J connectivity index is 1.36. The molecule has 6 rings (SSSR count). The molecule has 0 radical (unpaired) electrons. The number of carbonyl (C=O) groups excluding carboxylic acids is 1. The highest BCUT2D eigenvalue weighted by Crippen LogP contribution is 2.55. The monoisotopic (exact) mass is 355 g/mol. The van der Waals surface area contributed by atoms with E-state index in [1.165, 1.54) is 18.4 Å². The van der Waals surface area contributed by atoms with Crippen LogP contribution in [0.4, 0.5) is 0 Å². The zero-order valence-corrected chi connectivity index (χ0v) is 15.5. The predicted molar refractivity (Wildman–Crippen MR) is 99.1 cm³/mol. The van der Waals surface area contributed by atoms with Crippen molar-refractivity contribution in [2.75, 3.05) is 7.11 Å². The zero-order chi connectivity index (χ0) is 17.9.